The van der Waals surface area contributed by atoms with Crippen LogP contribution in [0.15, 0.2) is 23.1 Å². The summed E-state index contributed by atoms with van der Waals surface area (Å²) in [6.45, 7) is 1.79. The van der Waals surface area contributed by atoms with Gasteiger partial charge in [0, 0.05) is 24.7 Å². The Morgan fingerprint density at radius 2 is 2.12 bits per heavy atom. The number of nitrogens with two attached hydrogens (primary N) is 1. The molecule has 1 rings (SSSR count). The smallest absolute Gasteiger partial charge is 0.246 e. The third kappa shape index (κ3) is 2.95. The molecule has 7 heteroatoms. The first-order valence-electron chi connectivity index (χ1n) is 4.94. The van der Waals surface area contributed by atoms with E-state index >= 15 is 0 Å². The van der Waals surface area contributed by atoms with Crippen molar-refractivity contribution in [3.63, 3.8) is 0 Å². The zero-order valence-electron chi connectivity index (χ0n) is 9.52. The second-order valence-electron chi connectivity index (χ2n) is 3.68. The van der Waals surface area contributed by atoms with E-state index in [-0.39, 0.29) is 11.6 Å². The van der Waals surface area contributed by atoms with Crippen LogP contribution in [0.1, 0.15) is 6.92 Å². The molecule has 2 N–H and O–H groups in total. The Balaban J connectivity index is 3.26. The number of benzene rings is 1. The van der Waals surface area contributed by atoms with Crippen LogP contribution in [0.2, 0.25) is 5.02 Å². The van der Waals surface area contributed by atoms with E-state index in [1.165, 1.54) is 13.1 Å². The van der Waals surface area contributed by atoms with E-state index in [0.29, 0.717) is 0 Å². The van der Waals surface area contributed by atoms with Crippen molar-refractivity contribution in [1.82, 2.24) is 4.31 Å². The highest BCUT2D eigenvalue weighted by atomic mass is 35.5. The molecular weight excluding hydrogens is 267 g/mol. The number of halogens is 2. The minimum atomic E-state index is -3.91. The average molecular weight is 281 g/mol. The lowest BCUT2D eigenvalue weighted by Crippen LogP contribution is -2.39. The Morgan fingerprint density at radius 3 is 2.65 bits per heavy atom. The molecule has 0 amide bonds. The molecule has 4 nitrogen and oxygen atoms in total. The number of sulfonamides is 1. The maximum atomic E-state index is 13.5. The van der Waals surface area contributed by atoms with Crippen LogP contribution < -0.4 is 5.73 Å². The summed E-state index contributed by atoms with van der Waals surface area (Å²) in [5.74, 6) is -0.828. The van der Waals surface area contributed by atoms with Gasteiger partial charge in [-0.2, -0.15) is 4.31 Å². The van der Waals surface area contributed by atoms with Crippen LogP contribution in [0, 0.1) is 5.82 Å². The van der Waals surface area contributed by atoms with Crippen molar-refractivity contribution in [2.24, 2.45) is 5.73 Å². The number of rotatable bonds is 4. The van der Waals surface area contributed by atoms with Gasteiger partial charge in [-0.3, -0.25) is 0 Å². The molecule has 0 aliphatic rings. The van der Waals surface area contributed by atoms with Crippen LogP contribution >= 0.6 is 11.6 Å². The highest BCUT2D eigenvalue weighted by Crippen LogP contribution is 2.23. The van der Waals surface area contributed by atoms with Crippen molar-refractivity contribution >= 4 is 21.6 Å². The van der Waals surface area contributed by atoms with Crippen LogP contribution in [0.5, 0.6) is 0 Å². The molecule has 0 aromatic heterocycles. The average Bonchev–Trinajstić information content (AvgIpc) is 2.30. The highest BCUT2D eigenvalue weighted by Gasteiger charge is 2.27. The van der Waals surface area contributed by atoms with E-state index in [1.807, 2.05) is 0 Å². The molecule has 0 fully saturated rings. The standard InChI is InChI=1S/C10H14ClFN2O2S/c1-7(6-13)14(2)17(15,16)10-5-8(11)3-4-9(10)12/h3-5,7H,6,13H2,1-2H3. The largest absolute Gasteiger partial charge is 0.329 e. The fourth-order valence-corrected chi connectivity index (χ4v) is 2.91. The number of likely N-dealkylation sites (N-methyl/N-ethyl adjacent to an activating group) is 1. The molecule has 0 saturated carbocycles. The molecule has 0 spiro atoms. The van der Waals surface area contributed by atoms with Gasteiger partial charge in [-0.05, 0) is 25.1 Å². The Bertz CT molecular complexity index is 507. The van der Waals surface area contributed by atoms with E-state index in [1.54, 1.807) is 6.92 Å². The first-order chi connectivity index (χ1) is 7.80. The summed E-state index contributed by atoms with van der Waals surface area (Å²) in [5.41, 5.74) is 5.39. The van der Waals surface area contributed by atoms with Crippen molar-refractivity contribution < 1.29 is 12.8 Å². The number of hydrogen-bond acceptors (Lipinski definition) is 3. The van der Waals surface area contributed by atoms with E-state index in [2.05, 4.69) is 0 Å². The molecule has 1 unspecified atom stereocenters. The maximum Gasteiger partial charge on any atom is 0.246 e. The first kappa shape index (κ1) is 14.4. The molecule has 0 heterocycles. The van der Waals surface area contributed by atoms with E-state index in [9.17, 15) is 12.8 Å². The summed E-state index contributed by atoms with van der Waals surface area (Å²) in [6, 6.07) is 2.99. The SMILES string of the molecule is CC(CN)N(C)S(=O)(=O)c1cc(Cl)ccc1F. The minimum Gasteiger partial charge on any atom is -0.329 e. The zero-order valence-corrected chi connectivity index (χ0v) is 11.1. The summed E-state index contributed by atoms with van der Waals surface area (Å²) >= 11 is 5.67. The van der Waals surface area contributed by atoms with Crippen molar-refractivity contribution in [3.8, 4) is 0 Å². The number of hydrogen-bond donors (Lipinski definition) is 1. The Kier molecular flexibility index (Phi) is 4.48. The van der Waals surface area contributed by atoms with Crippen molar-refractivity contribution in [2.45, 2.75) is 17.9 Å². The summed E-state index contributed by atoms with van der Waals surface area (Å²) in [6.07, 6.45) is 0. The summed E-state index contributed by atoms with van der Waals surface area (Å²) < 4.78 is 38.7. The molecule has 0 radical (unpaired) electrons. The lowest BCUT2D eigenvalue weighted by Gasteiger charge is -2.23. The third-order valence-corrected chi connectivity index (χ3v) is 4.73. The van der Waals surface area contributed by atoms with Crippen molar-refractivity contribution in [1.29, 1.82) is 0 Å². The van der Waals surface area contributed by atoms with Crippen LogP contribution in [0.4, 0.5) is 4.39 Å². The topological polar surface area (TPSA) is 63.4 Å². The third-order valence-electron chi connectivity index (χ3n) is 2.51. The zero-order chi connectivity index (χ0) is 13.2. The van der Waals surface area contributed by atoms with Gasteiger partial charge < -0.3 is 5.73 Å². The van der Waals surface area contributed by atoms with E-state index in [4.69, 9.17) is 17.3 Å². The van der Waals surface area contributed by atoms with Gasteiger partial charge in [0.15, 0.2) is 0 Å². The molecule has 1 atom stereocenters. The molecule has 17 heavy (non-hydrogen) atoms. The molecule has 0 bridgehead atoms. The molecule has 1 aromatic carbocycles. The van der Waals surface area contributed by atoms with Gasteiger partial charge in [-0.15, -0.1) is 0 Å². The monoisotopic (exact) mass is 280 g/mol. The fourth-order valence-electron chi connectivity index (χ4n) is 1.22. The quantitative estimate of drug-likeness (QED) is 0.908. The number of nitrogens with zero attached hydrogens (tertiary/aromatic N) is 1. The Morgan fingerprint density at radius 1 is 1.53 bits per heavy atom. The second kappa shape index (κ2) is 5.30. The summed E-state index contributed by atoms with van der Waals surface area (Å²) in [4.78, 5) is -0.437. The maximum absolute atomic E-state index is 13.5. The summed E-state index contributed by atoms with van der Waals surface area (Å²) in [7, 11) is -2.56. The highest BCUT2D eigenvalue weighted by molar-refractivity contribution is 7.89. The lowest BCUT2D eigenvalue weighted by atomic mass is 10.3. The van der Waals surface area contributed by atoms with Gasteiger partial charge in [0.1, 0.15) is 10.7 Å². The molecule has 0 aliphatic heterocycles. The minimum absolute atomic E-state index is 0.151. The van der Waals surface area contributed by atoms with Gasteiger partial charge in [0.2, 0.25) is 10.0 Å². The first-order valence-corrected chi connectivity index (χ1v) is 6.75. The Labute approximate surface area is 105 Å². The van der Waals surface area contributed by atoms with Gasteiger partial charge >= 0.3 is 0 Å². The normalized spacial score (nSPS) is 14.0. The van der Waals surface area contributed by atoms with Gasteiger partial charge in [0.25, 0.3) is 0 Å². The van der Waals surface area contributed by atoms with Gasteiger partial charge in [0.05, 0.1) is 0 Å². The fraction of sp³-hybridized carbons (Fsp3) is 0.400. The van der Waals surface area contributed by atoms with Crippen LogP contribution in [0.25, 0.3) is 0 Å². The molecular formula is C10H14ClFN2O2S. The predicted octanol–water partition coefficient (Wildman–Crippen LogP) is 1.45. The van der Waals surface area contributed by atoms with E-state index < -0.39 is 26.8 Å². The van der Waals surface area contributed by atoms with Crippen molar-refractivity contribution in [3.05, 3.63) is 29.0 Å². The summed E-state index contributed by atoms with van der Waals surface area (Å²) in [5, 5.41) is 0.166. The molecule has 0 saturated heterocycles. The molecule has 1 aromatic rings. The van der Waals surface area contributed by atoms with Gasteiger partial charge in [-0.1, -0.05) is 11.6 Å². The molecule has 96 valence electrons. The van der Waals surface area contributed by atoms with Crippen LogP contribution in [0.3, 0.4) is 0 Å². The Hall–Kier alpha value is -0.690. The van der Waals surface area contributed by atoms with E-state index in [0.717, 1.165) is 16.4 Å². The van der Waals surface area contributed by atoms with Crippen LogP contribution in [-0.4, -0.2) is 32.4 Å². The lowest BCUT2D eigenvalue weighted by molar-refractivity contribution is 0.391. The predicted molar refractivity (Wildman–Crippen MR) is 64.9 cm³/mol. The van der Waals surface area contributed by atoms with Crippen molar-refractivity contribution in [2.75, 3.05) is 13.6 Å². The molecule has 0 aliphatic carbocycles. The van der Waals surface area contributed by atoms with Crippen LogP contribution in [-0.2, 0) is 10.0 Å². The van der Waals surface area contributed by atoms with Gasteiger partial charge in [-0.25, -0.2) is 12.8 Å². The second-order valence-corrected chi connectivity index (χ2v) is 6.08.